The normalized spacial score (nSPS) is 34.6. The monoisotopic (exact) mass is 266 g/mol. The van der Waals surface area contributed by atoms with Crippen LogP contribution in [0.3, 0.4) is 0 Å². The zero-order chi connectivity index (χ0) is 13.7. The van der Waals surface area contributed by atoms with Gasteiger partial charge in [-0.15, -0.1) is 0 Å². The number of ether oxygens (including phenoxy) is 1. The molecule has 2 nitrogen and oxygen atoms in total. The van der Waals surface area contributed by atoms with Gasteiger partial charge in [-0.2, -0.15) is 0 Å². The summed E-state index contributed by atoms with van der Waals surface area (Å²) >= 11 is 0. The molecule has 2 saturated carbocycles. The van der Waals surface area contributed by atoms with E-state index in [0.717, 1.165) is 30.1 Å². The lowest BCUT2D eigenvalue weighted by Gasteiger charge is -2.18. The Kier molecular flexibility index (Phi) is 5.72. The van der Waals surface area contributed by atoms with Gasteiger partial charge in [0.1, 0.15) is 0 Å². The van der Waals surface area contributed by atoms with Crippen LogP contribution in [0, 0.1) is 23.7 Å². The van der Waals surface area contributed by atoms with Crippen LogP contribution in [-0.4, -0.2) is 12.6 Å². The summed E-state index contributed by atoms with van der Waals surface area (Å²) in [7, 11) is 0. The third-order valence-electron chi connectivity index (χ3n) is 5.47. The molecule has 2 rings (SSSR count). The second-order valence-corrected chi connectivity index (χ2v) is 6.63. The van der Waals surface area contributed by atoms with Gasteiger partial charge in [0.25, 0.3) is 0 Å². The molecule has 19 heavy (non-hydrogen) atoms. The Morgan fingerprint density at radius 1 is 1.00 bits per heavy atom. The van der Waals surface area contributed by atoms with E-state index in [1.807, 2.05) is 6.92 Å². The number of carbonyl (C=O) groups is 1. The molecule has 0 heterocycles. The highest BCUT2D eigenvalue weighted by Gasteiger charge is 2.34. The Balaban J connectivity index is 1.67. The van der Waals surface area contributed by atoms with E-state index in [4.69, 9.17) is 4.74 Å². The van der Waals surface area contributed by atoms with Gasteiger partial charge < -0.3 is 4.74 Å². The van der Waals surface area contributed by atoms with E-state index >= 15 is 0 Å². The summed E-state index contributed by atoms with van der Waals surface area (Å²) in [4.78, 5) is 11.4. The van der Waals surface area contributed by atoms with Gasteiger partial charge in [0, 0.05) is 6.42 Å². The minimum atomic E-state index is -0.00198. The van der Waals surface area contributed by atoms with Gasteiger partial charge in [-0.25, -0.2) is 0 Å². The molecule has 0 saturated heterocycles. The van der Waals surface area contributed by atoms with Gasteiger partial charge in [-0.3, -0.25) is 4.79 Å². The van der Waals surface area contributed by atoms with Crippen molar-refractivity contribution in [2.75, 3.05) is 6.61 Å². The number of hydrogen-bond donors (Lipinski definition) is 0. The van der Waals surface area contributed by atoms with Gasteiger partial charge in [-0.1, -0.05) is 26.2 Å². The minimum Gasteiger partial charge on any atom is -0.466 e. The van der Waals surface area contributed by atoms with E-state index in [1.54, 1.807) is 0 Å². The van der Waals surface area contributed by atoms with E-state index in [9.17, 15) is 4.79 Å². The van der Waals surface area contributed by atoms with Gasteiger partial charge in [-0.05, 0) is 62.7 Å². The maximum atomic E-state index is 11.4. The number of rotatable bonds is 6. The maximum absolute atomic E-state index is 11.4. The van der Waals surface area contributed by atoms with Crippen molar-refractivity contribution in [3.63, 3.8) is 0 Å². The molecule has 0 bridgehead atoms. The molecule has 0 aromatic heterocycles. The van der Waals surface area contributed by atoms with Gasteiger partial charge in [0.15, 0.2) is 0 Å². The van der Waals surface area contributed by atoms with Crippen LogP contribution in [0.4, 0.5) is 0 Å². The van der Waals surface area contributed by atoms with Crippen LogP contribution in [0.25, 0.3) is 0 Å². The van der Waals surface area contributed by atoms with Crippen LogP contribution in [0.15, 0.2) is 0 Å². The molecule has 0 amide bonds. The predicted molar refractivity (Wildman–Crippen MR) is 77.8 cm³/mol. The van der Waals surface area contributed by atoms with Gasteiger partial charge >= 0.3 is 5.97 Å². The first kappa shape index (κ1) is 14.9. The van der Waals surface area contributed by atoms with E-state index < -0.39 is 0 Å². The van der Waals surface area contributed by atoms with Crippen LogP contribution < -0.4 is 0 Å². The topological polar surface area (TPSA) is 26.3 Å². The van der Waals surface area contributed by atoms with Crippen molar-refractivity contribution in [3.05, 3.63) is 0 Å². The first-order valence-electron chi connectivity index (χ1n) is 8.38. The molecule has 110 valence electrons. The highest BCUT2D eigenvalue weighted by molar-refractivity contribution is 5.69. The molecule has 2 aliphatic carbocycles. The van der Waals surface area contributed by atoms with Crippen molar-refractivity contribution in [1.29, 1.82) is 0 Å². The van der Waals surface area contributed by atoms with Crippen molar-refractivity contribution < 1.29 is 9.53 Å². The average Bonchev–Trinajstić information content (AvgIpc) is 3.05. The standard InChI is InChI=1S/C17H30O2/c1-3-13-5-8-15(11-13)16-9-6-14(12-16)7-10-17(18)19-4-2/h13-16H,3-12H2,1-2H3. The van der Waals surface area contributed by atoms with Crippen molar-refractivity contribution in [2.45, 2.75) is 71.6 Å². The van der Waals surface area contributed by atoms with Crippen molar-refractivity contribution in [3.8, 4) is 0 Å². The fourth-order valence-corrected chi connectivity index (χ4v) is 4.27. The molecule has 0 radical (unpaired) electrons. The second kappa shape index (κ2) is 7.31. The molecule has 0 N–H and O–H groups in total. The van der Waals surface area contributed by atoms with Crippen molar-refractivity contribution in [1.82, 2.24) is 0 Å². The first-order valence-corrected chi connectivity index (χ1v) is 8.38. The van der Waals surface area contributed by atoms with E-state index in [2.05, 4.69) is 6.92 Å². The molecule has 4 atom stereocenters. The fraction of sp³-hybridized carbons (Fsp3) is 0.941. The Morgan fingerprint density at radius 3 is 2.21 bits per heavy atom. The van der Waals surface area contributed by atoms with E-state index in [0.29, 0.717) is 13.0 Å². The van der Waals surface area contributed by atoms with Crippen LogP contribution >= 0.6 is 0 Å². The van der Waals surface area contributed by atoms with Crippen LogP contribution in [0.2, 0.25) is 0 Å². The van der Waals surface area contributed by atoms with Crippen LogP contribution in [0.5, 0.6) is 0 Å². The minimum absolute atomic E-state index is 0.00198. The highest BCUT2D eigenvalue weighted by Crippen LogP contribution is 2.46. The molecule has 0 aromatic rings. The molecule has 0 aliphatic heterocycles. The summed E-state index contributed by atoms with van der Waals surface area (Å²) in [5.74, 6) is 3.75. The lowest BCUT2D eigenvalue weighted by Crippen LogP contribution is -2.10. The summed E-state index contributed by atoms with van der Waals surface area (Å²) in [5, 5.41) is 0. The zero-order valence-corrected chi connectivity index (χ0v) is 12.7. The van der Waals surface area contributed by atoms with Crippen molar-refractivity contribution in [2.24, 2.45) is 23.7 Å². The number of hydrogen-bond acceptors (Lipinski definition) is 2. The lowest BCUT2D eigenvalue weighted by atomic mass is 9.87. The summed E-state index contributed by atoms with van der Waals surface area (Å²) < 4.78 is 5.02. The first-order chi connectivity index (χ1) is 9.22. The molecular formula is C17H30O2. The third-order valence-corrected chi connectivity index (χ3v) is 5.47. The third kappa shape index (κ3) is 4.22. The molecule has 2 heteroatoms. The quantitative estimate of drug-likeness (QED) is 0.658. The maximum Gasteiger partial charge on any atom is 0.305 e. The number of carbonyl (C=O) groups excluding carboxylic acids is 1. The Morgan fingerprint density at radius 2 is 1.63 bits per heavy atom. The summed E-state index contributed by atoms with van der Waals surface area (Å²) in [6, 6.07) is 0. The predicted octanol–water partition coefficient (Wildman–Crippen LogP) is 4.57. The van der Waals surface area contributed by atoms with Gasteiger partial charge in [0.05, 0.1) is 6.61 Å². The van der Waals surface area contributed by atoms with Gasteiger partial charge in [0.2, 0.25) is 0 Å². The molecule has 2 fully saturated rings. The Bertz CT molecular complexity index is 287. The molecule has 0 spiro atoms. The van der Waals surface area contributed by atoms with E-state index in [-0.39, 0.29) is 5.97 Å². The Hall–Kier alpha value is -0.530. The molecule has 4 unspecified atom stereocenters. The summed E-state index contributed by atoms with van der Waals surface area (Å²) in [6.45, 7) is 4.74. The van der Waals surface area contributed by atoms with Crippen molar-refractivity contribution >= 4 is 5.97 Å². The fourth-order valence-electron chi connectivity index (χ4n) is 4.27. The summed E-state index contributed by atoms with van der Waals surface area (Å²) in [6.07, 6.45) is 11.6. The van der Waals surface area contributed by atoms with Crippen LogP contribution in [-0.2, 0) is 9.53 Å². The largest absolute Gasteiger partial charge is 0.466 e. The Labute approximate surface area is 118 Å². The molecular weight excluding hydrogens is 236 g/mol. The zero-order valence-electron chi connectivity index (χ0n) is 12.7. The van der Waals surface area contributed by atoms with E-state index in [1.165, 1.54) is 44.9 Å². The average molecular weight is 266 g/mol. The molecule has 2 aliphatic rings. The smallest absolute Gasteiger partial charge is 0.305 e. The second-order valence-electron chi connectivity index (χ2n) is 6.63. The molecule has 0 aromatic carbocycles. The highest BCUT2D eigenvalue weighted by atomic mass is 16.5. The SMILES string of the molecule is CCOC(=O)CCC1CCC(C2CCC(CC)C2)C1. The lowest BCUT2D eigenvalue weighted by molar-refractivity contribution is -0.143. The van der Waals surface area contributed by atoms with Crippen LogP contribution in [0.1, 0.15) is 71.6 Å². The summed E-state index contributed by atoms with van der Waals surface area (Å²) in [5.41, 5.74) is 0. The number of esters is 1.